The molecule has 1 aliphatic carbocycles. The summed E-state index contributed by atoms with van der Waals surface area (Å²) >= 11 is 0. The Kier molecular flexibility index (Phi) is 7.89. The first kappa shape index (κ1) is 24.0. The molecule has 9 heteroatoms. The predicted octanol–water partition coefficient (Wildman–Crippen LogP) is 4.82. The summed E-state index contributed by atoms with van der Waals surface area (Å²) in [4.78, 5) is 20.5. The Labute approximate surface area is 211 Å². The third kappa shape index (κ3) is 6.30. The topological polar surface area (TPSA) is 104 Å². The second-order valence-corrected chi connectivity index (χ2v) is 9.04. The molecule has 9 nitrogen and oxygen atoms in total. The number of anilines is 3. The van der Waals surface area contributed by atoms with E-state index in [1.54, 1.807) is 24.4 Å². The number of hydrogen-bond donors (Lipinski definition) is 3. The van der Waals surface area contributed by atoms with Crippen LogP contribution in [-0.2, 0) is 0 Å². The highest BCUT2D eigenvalue weighted by molar-refractivity contribution is 6.02. The second-order valence-electron chi connectivity index (χ2n) is 9.04. The van der Waals surface area contributed by atoms with Crippen LogP contribution in [0.1, 0.15) is 25.7 Å². The summed E-state index contributed by atoms with van der Waals surface area (Å²) in [6.45, 7) is 4.61. The van der Waals surface area contributed by atoms with Crippen molar-refractivity contribution in [3.63, 3.8) is 0 Å². The van der Waals surface area contributed by atoms with Crippen LogP contribution in [0.25, 0.3) is 0 Å². The number of fused-ring (bicyclic) bond motifs is 1. The number of aromatic nitrogens is 2. The number of nitrogens with one attached hydrogen (secondary N) is 2. The van der Waals surface area contributed by atoms with Gasteiger partial charge in [-0.3, -0.25) is 4.99 Å². The Bertz CT molecular complexity index is 1170. The summed E-state index contributed by atoms with van der Waals surface area (Å²) in [6, 6.07) is 7.04. The Hall–Kier alpha value is -3.69. The van der Waals surface area contributed by atoms with Crippen molar-refractivity contribution in [2.45, 2.75) is 25.7 Å². The Balaban J connectivity index is 1.13. The molecule has 2 aromatic rings. The Morgan fingerprint density at radius 1 is 1.11 bits per heavy atom. The minimum atomic E-state index is 0.272. The standard InChI is InChI=1S/C27H32N6O3/c34-36-24-9-8-21(19-25(24)35-17-5-16-33-14-3-4-15-33)31-27-29-13-11-26(32-27)28-12-10-22-18-20-6-1-2-7-23(20)30-22/h1-2,6-9,11,13,18-20,34H,3-5,10,12,14-17H2,(H2,28,29,31,32). The minimum absolute atomic E-state index is 0.272. The van der Waals surface area contributed by atoms with Crippen molar-refractivity contribution in [1.29, 1.82) is 0 Å². The molecule has 0 amide bonds. The molecule has 3 N–H and O–H groups in total. The zero-order valence-electron chi connectivity index (χ0n) is 20.3. The van der Waals surface area contributed by atoms with Gasteiger partial charge in [0.1, 0.15) is 5.82 Å². The molecule has 0 bridgehead atoms. The first-order valence-electron chi connectivity index (χ1n) is 12.6. The van der Waals surface area contributed by atoms with Crippen LogP contribution in [0, 0.1) is 5.92 Å². The van der Waals surface area contributed by atoms with E-state index in [4.69, 9.17) is 9.73 Å². The monoisotopic (exact) mass is 488 g/mol. The average Bonchev–Trinajstić information content (AvgIpc) is 3.57. The summed E-state index contributed by atoms with van der Waals surface area (Å²) in [5, 5.41) is 15.8. The highest BCUT2D eigenvalue weighted by Gasteiger charge is 2.17. The van der Waals surface area contributed by atoms with Gasteiger partial charge in [0.2, 0.25) is 11.7 Å². The fourth-order valence-corrected chi connectivity index (χ4v) is 4.57. The molecule has 3 aliphatic rings. The number of hydrogen-bond acceptors (Lipinski definition) is 9. The number of allylic oxidation sites excluding steroid dienone is 5. The van der Waals surface area contributed by atoms with Crippen molar-refractivity contribution in [3.8, 4) is 11.5 Å². The van der Waals surface area contributed by atoms with Gasteiger partial charge in [-0.2, -0.15) is 4.98 Å². The number of nitrogens with zero attached hydrogens (tertiary/aromatic N) is 4. The fourth-order valence-electron chi connectivity index (χ4n) is 4.57. The lowest BCUT2D eigenvalue weighted by Crippen LogP contribution is -2.21. The molecule has 0 spiro atoms. The van der Waals surface area contributed by atoms with Crippen molar-refractivity contribution in [2.75, 3.05) is 43.4 Å². The Morgan fingerprint density at radius 2 is 2.03 bits per heavy atom. The summed E-state index contributed by atoms with van der Waals surface area (Å²) in [6.07, 6.45) is 16.5. The molecule has 1 aromatic carbocycles. The second kappa shape index (κ2) is 11.8. The molecule has 3 heterocycles. The van der Waals surface area contributed by atoms with Gasteiger partial charge in [-0.05, 0) is 62.7 Å². The van der Waals surface area contributed by atoms with Crippen molar-refractivity contribution in [1.82, 2.24) is 14.9 Å². The quantitative estimate of drug-likeness (QED) is 0.222. The maximum Gasteiger partial charge on any atom is 0.229 e. The maximum absolute atomic E-state index is 9.23. The van der Waals surface area contributed by atoms with Crippen LogP contribution < -0.4 is 20.3 Å². The first-order chi connectivity index (χ1) is 17.8. The molecule has 36 heavy (non-hydrogen) atoms. The van der Waals surface area contributed by atoms with Gasteiger partial charge in [0.15, 0.2) is 5.75 Å². The molecule has 1 atom stereocenters. The fraction of sp³-hybridized carbons (Fsp3) is 0.370. The molecule has 1 saturated heterocycles. The van der Waals surface area contributed by atoms with E-state index in [-0.39, 0.29) is 5.75 Å². The molecule has 1 fully saturated rings. The van der Waals surface area contributed by atoms with Crippen molar-refractivity contribution in [3.05, 3.63) is 66.5 Å². The van der Waals surface area contributed by atoms with E-state index in [1.165, 1.54) is 25.9 Å². The van der Waals surface area contributed by atoms with Gasteiger partial charge in [0, 0.05) is 49.1 Å². The lowest BCUT2D eigenvalue weighted by atomic mass is 10.00. The lowest BCUT2D eigenvalue weighted by Gasteiger charge is -2.15. The smallest absolute Gasteiger partial charge is 0.229 e. The molecular weight excluding hydrogens is 456 g/mol. The molecule has 2 aliphatic heterocycles. The maximum atomic E-state index is 9.23. The largest absolute Gasteiger partial charge is 0.489 e. The molecule has 0 radical (unpaired) electrons. The van der Waals surface area contributed by atoms with E-state index in [0.717, 1.165) is 48.8 Å². The molecule has 1 aromatic heterocycles. The summed E-state index contributed by atoms with van der Waals surface area (Å²) in [5.74, 6) is 2.23. The third-order valence-corrected chi connectivity index (χ3v) is 6.40. The van der Waals surface area contributed by atoms with Crippen LogP contribution in [0.4, 0.5) is 17.5 Å². The van der Waals surface area contributed by atoms with Gasteiger partial charge in [-0.1, -0.05) is 18.2 Å². The van der Waals surface area contributed by atoms with E-state index in [0.29, 0.717) is 24.2 Å². The molecule has 188 valence electrons. The number of rotatable bonds is 12. The van der Waals surface area contributed by atoms with Crippen LogP contribution in [0.2, 0.25) is 0 Å². The van der Waals surface area contributed by atoms with Gasteiger partial charge in [0.25, 0.3) is 0 Å². The van der Waals surface area contributed by atoms with Crippen molar-refractivity contribution < 1.29 is 14.9 Å². The molecular formula is C27H32N6O3. The number of aliphatic imine (C=N–C) groups is 1. The van der Waals surface area contributed by atoms with Crippen LogP contribution in [0.5, 0.6) is 11.5 Å². The third-order valence-electron chi connectivity index (χ3n) is 6.40. The van der Waals surface area contributed by atoms with Crippen molar-refractivity contribution >= 4 is 23.2 Å². The molecule has 0 saturated carbocycles. The van der Waals surface area contributed by atoms with E-state index >= 15 is 0 Å². The minimum Gasteiger partial charge on any atom is -0.489 e. The summed E-state index contributed by atoms with van der Waals surface area (Å²) < 4.78 is 5.90. The number of ether oxygens (including phenoxy) is 1. The first-order valence-corrected chi connectivity index (χ1v) is 12.6. The number of benzene rings is 1. The molecule has 5 rings (SSSR count). The normalized spacial score (nSPS) is 18.5. The highest BCUT2D eigenvalue weighted by atomic mass is 17.1. The highest BCUT2D eigenvalue weighted by Crippen LogP contribution is 2.31. The van der Waals surface area contributed by atoms with Crippen LogP contribution in [-0.4, -0.2) is 58.6 Å². The van der Waals surface area contributed by atoms with Gasteiger partial charge < -0.3 is 25.2 Å². The van der Waals surface area contributed by atoms with E-state index in [2.05, 4.69) is 54.7 Å². The summed E-state index contributed by atoms with van der Waals surface area (Å²) in [7, 11) is 0. The number of likely N-dealkylation sites (tertiary alicyclic amines) is 1. The van der Waals surface area contributed by atoms with E-state index in [1.807, 2.05) is 12.1 Å². The van der Waals surface area contributed by atoms with Gasteiger partial charge in [-0.25, -0.2) is 10.2 Å². The van der Waals surface area contributed by atoms with Gasteiger partial charge >= 0.3 is 0 Å². The Morgan fingerprint density at radius 3 is 2.89 bits per heavy atom. The van der Waals surface area contributed by atoms with E-state index < -0.39 is 0 Å². The van der Waals surface area contributed by atoms with Crippen LogP contribution >= 0.6 is 0 Å². The van der Waals surface area contributed by atoms with Gasteiger partial charge in [0.05, 0.1) is 12.3 Å². The van der Waals surface area contributed by atoms with Crippen LogP contribution in [0.3, 0.4) is 0 Å². The lowest BCUT2D eigenvalue weighted by molar-refractivity contribution is -0.139. The molecule has 1 unspecified atom stereocenters. The zero-order chi connectivity index (χ0) is 24.6. The average molecular weight is 489 g/mol. The summed E-state index contributed by atoms with van der Waals surface area (Å²) in [5.41, 5.74) is 2.93. The van der Waals surface area contributed by atoms with Crippen molar-refractivity contribution in [2.24, 2.45) is 10.9 Å². The van der Waals surface area contributed by atoms with Gasteiger partial charge in [-0.15, -0.1) is 0 Å². The van der Waals surface area contributed by atoms with Crippen LogP contribution in [0.15, 0.2) is 71.5 Å². The zero-order valence-corrected chi connectivity index (χ0v) is 20.3. The SMILES string of the molecule is OOc1ccc(Nc2nccc(NCCC3=CC4C=CC=CC4=N3)n2)cc1OCCCN1CCCC1. The predicted molar refractivity (Wildman–Crippen MR) is 141 cm³/mol. The van der Waals surface area contributed by atoms with E-state index in [9.17, 15) is 5.26 Å².